The van der Waals surface area contributed by atoms with Crippen LogP contribution in [0, 0.1) is 0 Å². The monoisotopic (exact) mass is 173 g/mol. The molecular weight excluding hydrogens is 162 g/mol. The molecule has 0 fully saturated rings. The Balaban J connectivity index is 2.36. The normalized spacial score (nSPS) is 13.3. The minimum absolute atomic E-state index is 0.0822. The lowest BCUT2D eigenvalue weighted by Crippen LogP contribution is -2.12. The Morgan fingerprint density at radius 2 is 2.55 bits per heavy atom. The fourth-order valence-corrected chi connectivity index (χ4v) is 1.19. The number of rotatable bonds is 4. The number of nitrogens with one attached hydrogen (secondary N) is 1. The van der Waals surface area contributed by atoms with E-state index in [9.17, 15) is 0 Å². The molecule has 6 heteroatoms. The summed E-state index contributed by atoms with van der Waals surface area (Å²) >= 11 is 1.76. The van der Waals surface area contributed by atoms with E-state index in [-0.39, 0.29) is 6.04 Å². The predicted octanol–water partition coefficient (Wildman–Crippen LogP) is -0.0474. The van der Waals surface area contributed by atoms with Crippen molar-refractivity contribution >= 4 is 11.8 Å². The van der Waals surface area contributed by atoms with Crippen LogP contribution in [0.25, 0.3) is 0 Å². The van der Waals surface area contributed by atoms with Gasteiger partial charge in [0.2, 0.25) is 0 Å². The van der Waals surface area contributed by atoms with Crippen LogP contribution >= 0.6 is 11.8 Å². The van der Waals surface area contributed by atoms with E-state index in [1.165, 1.54) is 0 Å². The van der Waals surface area contributed by atoms with Crippen molar-refractivity contribution in [3.8, 4) is 0 Å². The second kappa shape index (κ2) is 4.30. The topological polar surface area (TPSA) is 80.5 Å². The van der Waals surface area contributed by atoms with Crippen molar-refractivity contribution in [1.29, 1.82) is 0 Å². The van der Waals surface area contributed by atoms with Crippen molar-refractivity contribution in [1.82, 2.24) is 20.6 Å². The SMILES string of the molecule is CSCC[C@H](N)c1nn[nH]n1. The van der Waals surface area contributed by atoms with Crippen molar-refractivity contribution in [3.63, 3.8) is 0 Å². The molecule has 0 radical (unpaired) electrons. The smallest absolute Gasteiger partial charge is 0.191 e. The van der Waals surface area contributed by atoms with Gasteiger partial charge in [0.1, 0.15) is 0 Å². The molecule has 0 bridgehead atoms. The van der Waals surface area contributed by atoms with E-state index in [2.05, 4.69) is 20.6 Å². The fourth-order valence-electron chi connectivity index (χ4n) is 0.701. The van der Waals surface area contributed by atoms with E-state index in [4.69, 9.17) is 5.73 Å². The second-order valence-corrected chi connectivity index (χ2v) is 3.14. The number of hydrogen-bond donors (Lipinski definition) is 2. The molecule has 11 heavy (non-hydrogen) atoms. The summed E-state index contributed by atoms with van der Waals surface area (Å²) in [6.45, 7) is 0. The zero-order valence-corrected chi connectivity index (χ0v) is 7.14. The van der Waals surface area contributed by atoms with Crippen molar-refractivity contribution in [3.05, 3.63) is 5.82 Å². The van der Waals surface area contributed by atoms with Gasteiger partial charge in [-0.25, -0.2) is 0 Å². The highest BCUT2D eigenvalue weighted by Gasteiger charge is 2.08. The maximum Gasteiger partial charge on any atom is 0.191 e. The largest absolute Gasteiger partial charge is 0.321 e. The highest BCUT2D eigenvalue weighted by Crippen LogP contribution is 2.09. The maximum atomic E-state index is 5.73. The van der Waals surface area contributed by atoms with E-state index in [0.717, 1.165) is 12.2 Å². The summed E-state index contributed by atoms with van der Waals surface area (Å²) in [6, 6.07) is -0.0822. The molecule has 0 unspecified atom stereocenters. The first kappa shape index (κ1) is 8.48. The summed E-state index contributed by atoms with van der Waals surface area (Å²) in [5.74, 6) is 1.62. The molecule has 0 spiro atoms. The van der Waals surface area contributed by atoms with Crippen molar-refractivity contribution in [2.45, 2.75) is 12.5 Å². The zero-order valence-electron chi connectivity index (χ0n) is 6.32. The third-order valence-corrected chi connectivity index (χ3v) is 1.97. The Morgan fingerprint density at radius 3 is 3.09 bits per heavy atom. The molecule has 0 aliphatic heterocycles. The van der Waals surface area contributed by atoms with Gasteiger partial charge in [0, 0.05) is 0 Å². The minimum atomic E-state index is -0.0822. The van der Waals surface area contributed by atoms with Crippen LogP contribution < -0.4 is 5.73 Å². The van der Waals surface area contributed by atoms with Gasteiger partial charge in [-0.2, -0.15) is 17.0 Å². The van der Waals surface area contributed by atoms with Crippen molar-refractivity contribution in [2.24, 2.45) is 5.73 Å². The number of thioether (sulfide) groups is 1. The van der Waals surface area contributed by atoms with Crippen LogP contribution in [0.15, 0.2) is 0 Å². The molecule has 0 aliphatic carbocycles. The molecule has 1 rings (SSSR count). The van der Waals surface area contributed by atoms with Crippen LogP contribution in [0.4, 0.5) is 0 Å². The van der Waals surface area contributed by atoms with Gasteiger partial charge in [0.15, 0.2) is 5.82 Å². The van der Waals surface area contributed by atoms with Crippen LogP contribution in [0.2, 0.25) is 0 Å². The summed E-state index contributed by atoms with van der Waals surface area (Å²) in [4.78, 5) is 0. The average Bonchev–Trinajstić information content (AvgIpc) is 2.52. The molecule has 0 saturated heterocycles. The average molecular weight is 173 g/mol. The number of hydrogen-bond acceptors (Lipinski definition) is 5. The molecule has 1 atom stereocenters. The number of tetrazole rings is 1. The van der Waals surface area contributed by atoms with E-state index in [1.54, 1.807) is 11.8 Å². The van der Waals surface area contributed by atoms with E-state index in [0.29, 0.717) is 5.82 Å². The Bertz CT molecular complexity index is 187. The highest BCUT2D eigenvalue weighted by molar-refractivity contribution is 7.98. The van der Waals surface area contributed by atoms with Gasteiger partial charge in [-0.3, -0.25) is 0 Å². The number of nitrogens with zero attached hydrogens (tertiary/aromatic N) is 3. The van der Waals surface area contributed by atoms with Crippen LogP contribution in [0.3, 0.4) is 0 Å². The molecule has 62 valence electrons. The van der Waals surface area contributed by atoms with Crippen molar-refractivity contribution in [2.75, 3.05) is 12.0 Å². The lowest BCUT2D eigenvalue weighted by atomic mass is 10.2. The van der Waals surface area contributed by atoms with Gasteiger partial charge in [-0.15, -0.1) is 10.2 Å². The molecule has 0 aromatic carbocycles. The molecule has 3 N–H and O–H groups in total. The molecule has 1 aromatic heterocycles. The third-order valence-electron chi connectivity index (χ3n) is 1.33. The molecule has 0 saturated carbocycles. The Kier molecular flexibility index (Phi) is 3.31. The minimum Gasteiger partial charge on any atom is -0.321 e. The summed E-state index contributed by atoms with van der Waals surface area (Å²) in [5.41, 5.74) is 5.73. The fraction of sp³-hybridized carbons (Fsp3) is 0.800. The van der Waals surface area contributed by atoms with Crippen LogP contribution in [-0.4, -0.2) is 32.6 Å². The third kappa shape index (κ3) is 2.47. The Hall–Kier alpha value is -0.620. The number of H-pyrrole nitrogens is 1. The van der Waals surface area contributed by atoms with Crippen LogP contribution in [0.1, 0.15) is 18.3 Å². The lowest BCUT2D eigenvalue weighted by molar-refractivity contribution is 0.656. The molecule has 0 amide bonds. The predicted molar refractivity (Wildman–Crippen MR) is 44.1 cm³/mol. The van der Waals surface area contributed by atoms with Gasteiger partial charge in [-0.1, -0.05) is 5.21 Å². The first-order valence-electron chi connectivity index (χ1n) is 3.32. The molecule has 1 aromatic rings. The summed E-state index contributed by atoms with van der Waals surface area (Å²) in [6.07, 6.45) is 2.93. The van der Waals surface area contributed by atoms with Gasteiger partial charge in [-0.05, 0) is 18.4 Å². The Morgan fingerprint density at radius 1 is 1.73 bits per heavy atom. The summed E-state index contributed by atoms with van der Waals surface area (Å²) < 4.78 is 0. The molecule has 1 heterocycles. The van der Waals surface area contributed by atoms with Gasteiger partial charge < -0.3 is 5.73 Å². The first-order valence-corrected chi connectivity index (χ1v) is 4.72. The van der Waals surface area contributed by atoms with E-state index >= 15 is 0 Å². The Labute approximate surface area is 69.1 Å². The molecular formula is C5H11N5S. The summed E-state index contributed by atoms with van der Waals surface area (Å²) in [7, 11) is 0. The van der Waals surface area contributed by atoms with E-state index in [1.807, 2.05) is 6.26 Å². The van der Waals surface area contributed by atoms with Crippen LogP contribution in [0.5, 0.6) is 0 Å². The molecule has 0 aliphatic rings. The van der Waals surface area contributed by atoms with Gasteiger partial charge >= 0.3 is 0 Å². The highest BCUT2D eigenvalue weighted by atomic mass is 32.2. The number of nitrogens with two attached hydrogens (primary N) is 1. The number of aromatic nitrogens is 4. The lowest BCUT2D eigenvalue weighted by Gasteiger charge is -2.03. The second-order valence-electron chi connectivity index (χ2n) is 2.16. The van der Waals surface area contributed by atoms with E-state index < -0.39 is 0 Å². The maximum absolute atomic E-state index is 5.73. The molecule has 5 nitrogen and oxygen atoms in total. The van der Waals surface area contributed by atoms with Crippen molar-refractivity contribution < 1.29 is 0 Å². The van der Waals surface area contributed by atoms with Crippen LogP contribution in [-0.2, 0) is 0 Å². The standard InChI is InChI=1S/C5H11N5S/c1-11-3-2-4(6)5-7-9-10-8-5/h4H,2-3,6H2,1H3,(H,7,8,9,10)/t4-/m0/s1. The van der Waals surface area contributed by atoms with Gasteiger partial charge in [0.25, 0.3) is 0 Å². The quantitative estimate of drug-likeness (QED) is 0.667. The number of aromatic amines is 1. The zero-order chi connectivity index (χ0) is 8.10. The van der Waals surface area contributed by atoms with Gasteiger partial charge in [0.05, 0.1) is 6.04 Å². The first-order chi connectivity index (χ1) is 5.34. The summed E-state index contributed by atoms with van der Waals surface area (Å²) in [5, 5.41) is 13.4.